The van der Waals surface area contributed by atoms with E-state index in [1.54, 1.807) is 0 Å². The van der Waals surface area contributed by atoms with Crippen LogP contribution in [0.1, 0.15) is 50.6 Å². The van der Waals surface area contributed by atoms with E-state index in [1.807, 2.05) is 12.1 Å². The van der Waals surface area contributed by atoms with Crippen LogP contribution in [0.25, 0.3) is 0 Å². The number of amides is 1. The second-order valence-corrected chi connectivity index (χ2v) is 8.47. The van der Waals surface area contributed by atoms with E-state index in [1.165, 1.54) is 0 Å². The van der Waals surface area contributed by atoms with E-state index in [0.29, 0.717) is 6.04 Å². The van der Waals surface area contributed by atoms with Gasteiger partial charge in [-0.15, -0.1) is 12.4 Å². The fraction of sp³-hybridized carbons (Fsp3) is 0.667. The maximum Gasteiger partial charge on any atom is 0.223 e. The molecule has 27 heavy (non-hydrogen) atoms. The Morgan fingerprint density at radius 3 is 2.78 bits per heavy atom. The van der Waals surface area contributed by atoms with Crippen molar-refractivity contribution in [2.45, 2.75) is 56.7 Å². The average molecular weight is 394 g/mol. The molecule has 4 rings (SSSR count). The first-order valence-electron chi connectivity index (χ1n) is 10.0. The Labute approximate surface area is 168 Å². The molecule has 1 aromatic carbocycles. The van der Waals surface area contributed by atoms with Crippen molar-refractivity contribution >= 4 is 18.3 Å². The number of piperidine rings is 2. The third-order valence-corrected chi connectivity index (χ3v) is 6.41. The average Bonchev–Trinajstić information content (AvgIpc) is 2.64. The van der Waals surface area contributed by atoms with E-state index >= 15 is 0 Å². The molecule has 0 saturated carbocycles. The maximum atomic E-state index is 13.0. The summed E-state index contributed by atoms with van der Waals surface area (Å²) in [5, 5.41) is 6.82. The lowest BCUT2D eigenvalue weighted by Crippen LogP contribution is -2.52. The van der Waals surface area contributed by atoms with Gasteiger partial charge in [0.05, 0.1) is 6.04 Å². The summed E-state index contributed by atoms with van der Waals surface area (Å²) in [6.07, 6.45) is 4.77. The molecule has 3 heterocycles. The number of carbonyl (C=O) groups is 1. The number of fused-ring (bicyclic) bond motifs is 1. The summed E-state index contributed by atoms with van der Waals surface area (Å²) in [5.74, 6) is 1.28. The molecule has 2 fully saturated rings. The Hall–Kier alpha value is -1.30. The SMILES string of the molecule is C[C@H]1C[C@@H](C(=O)NC2CC3(CCN(C)CC3)Oc3ccccc32)CCN1.Cl. The van der Waals surface area contributed by atoms with Gasteiger partial charge in [0.15, 0.2) is 0 Å². The van der Waals surface area contributed by atoms with Crippen LogP contribution in [0.4, 0.5) is 0 Å². The summed E-state index contributed by atoms with van der Waals surface area (Å²) in [6.45, 7) is 5.19. The molecule has 2 saturated heterocycles. The first-order valence-corrected chi connectivity index (χ1v) is 10.0. The third kappa shape index (κ3) is 4.41. The van der Waals surface area contributed by atoms with E-state index in [2.05, 4.69) is 41.6 Å². The minimum absolute atomic E-state index is 0. The van der Waals surface area contributed by atoms with Crippen molar-refractivity contribution in [3.8, 4) is 5.75 Å². The number of hydrogen-bond donors (Lipinski definition) is 2. The zero-order valence-electron chi connectivity index (χ0n) is 16.4. The lowest BCUT2D eigenvalue weighted by molar-refractivity contribution is -0.127. The molecule has 0 radical (unpaired) electrons. The van der Waals surface area contributed by atoms with Crippen LogP contribution >= 0.6 is 12.4 Å². The van der Waals surface area contributed by atoms with Gasteiger partial charge in [-0.05, 0) is 52.3 Å². The fourth-order valence-electron chi connectivity index (χ4n) is 4.74. The summed E-state index contributed by atoms with van der Waals surface area (Å²) in [4.78, 5) is 15.3. The molecule has 1 unspecified atom stereocenters. The van der Waals surface area contributed by atoms with Gasteiger partial charge < -0.3 is 20.3 Å². The monoisotopic (exact) mass is 393 g/mol. The molecular formula is C21H32ClN3O2. The minimum atomic E-state index is -0.139. The van der Waals surface area contributed by atoms with E-state index in [4.69, 9.17) is 4.74 Å². The number of hydrogen-bond acceptors (Lipinski definition) is 4. The summed E-state index contributed by atoms with van der Waals surface area (Å²) in [7, 11) is 2.17. The Kier molecular flexibility index (Phi) is 6.34. The van der Waals surface area contributed by atoms with E-state index < -0.39 is 0 Å². The highest BCUT2D eigenvalue weighted by molar-refractivity contribution is 5.85. The number of rotatable bonds is 2. The van der Waals surface area contributed by atoms with Crippen molar-refractivity contribution in [2.75, 3.05) is 26.7 Å². The zero-order chi connectivity index (χ0) is 18.1. The number of para-hydroxylation sites is 1. The molecule has 0 aromatic heterocycles. The number of ether oxygens (including phenoxy) is 1. The number of nitrogens with one attached hydrogen (secondary N) is 2. The van der Waals surface area contributed by atoms with Crippen molar-refractivity contribution in [1.29, 1.82) is 0 Å². The molecule has 1 amide bonds. The standard InChI is InChI=1S/C21H31N3O2.ClH/c1-15-13-16(7-10-22-15)20(25)23-18-14-21(8-11-24(2)12-9-21)26-19-6-4-3-5-17(18)19;/h3-6,15-16,18,22H,7-14H2,1-2H3,(H,23,25);1H/t15-,16-,18?;/m0./s1. The van der Waals surface area contributed by atoms with Gasteiger partial charge in [-0.3, -0.25) is 4.79 Å². The first kappa shape index (κ1) is 20.4. The van der Waals surface area contributed by atoms with Crippen molar-refractivity contribution in [2.24, 2.45) is 5.92 Å². The predicted molar refractivity (Wildman–Crippen MR) is 109 cm³/mol. The molecule has 1 aromatic rings. The Morgan fingerprint density at radius 1 is 1.30 bits per heavy atom. The van der Waals surface area contributed by atoms with Gasteiger partial charge >= 0.3 is 0 Å². The van der Waals surface area contributed by atoms with Crippen LogP contribution in [0.3, 0.4) is 0 Å². The third-order valence-electron chi connectivity index (χ3n) is 6.41. The van der Waals surface area contributed by atoms with Gasteiger partial charge in [-0.1, -0.05) is 18.2 Å². The minimum Gasteiger partial charge on any atom is -0.487 e. The predicted octanol–water partition coefficient (Wildman–Crippen LogP) is 2.90. The molecule has 0 aliphatic carbocycles. The molecule has 3 aliphatic heterocycles. The van der Waals surface area contributed by atoms with Gasteiger partial charge in [0, 0.05) is 37.0 Å². The number of carbonyl (C=O) groups excluding carboxylic acids is 1. The van der Waals surface area contributed by atoms with Crippen LogP contribution in [-0.2, 0) is 4.79 Å². The van der Waals surface area contributed by atoms with Gasteiger partial charge in [-0.2, -0.15) is 0 Å². The normalized spacial score (nSPS) is 29.9. The van der Waals surface area contributed by atoms with Crippen LogP contribution in [0.15, 0.2) is 24.3 Å². The Balaban J connectivity index is 0.00000210. The molecule has 0 bridgehead atoms. The lowest BCUT2D eigenvalue weighted by atomic mass is 9.80. The van der Waals surface area contributed by atoms with Crippen LogP contribution in [-0.4, -0.2) is 49.1 Å². The molecule has 1 spiro atoms. The summed E-state index contributed by atoms with van der Waals surface area (Å²) in [5.41, 5.74) is 0.993. The summed E-state index contributed by atoms with van der Waals surface area (Å²) in [6, 6.07) is 8.71. The highest BCUT2D eigenvalue weighted by Crippen LogP contribution is 2.44. The van der Waals surface area contributed by atoms with Gasteiger partial charge in [0.2, 0.25) is 5.91 Å². The van der Waals surface area contributed by atoms with Gasteiger partial charge in [-0.25, -0.2) is 0 Å². The highest BCUT2D eigenvalue weighted by Gasteiger charge is 2.43. The Morgan fingerprint density at radius 2 is 2.04 bits per heavy atom. The second kappa shape index (κ2) is 8.38. The van der Waals surface area contributed by atoms with E-state index in [0.717, 1.165) is 63.1 Å². The van der Waals surface area contributed by atoms with Crippen molar-refractivity contribution < 1.29 is 9.53 Å². The van der Waals surface area contributed by atoms with Crippen LogP contribution in [0.5, 0.6) is 5.75 Å². The Bertz CT molecular complexity index is 661. The van der Waals surface area contributed by atoms with Crippen LogP contribution < -0.4 is 15.4 Å². The van der Waals surface area contributed by atoms with Crippen molar-refractivity contribution in [1.82, 2.24) is 15.5 Å². The lowest BCUT2D eigenvalue weighted by Gasteiger charge is -2.46. The van der Waals surface area contributed by atoms with Crippen LogP contribution in [0.2, 0.25) is 0 Å². The number of nitrogens with zero attached hydrogens (tertiary/aromatic N) is 1. The highest BCUT2D eigenvalue weighted by atomic mass is 35.5. The molecule has 150 valence electrons. The summed E-state index contributed by atoms with van der Waals surface area (Å²) >= 11 is 0. The van der Waals surface area contributed by atoms with E-state index in [9.17, 15) is 4.79 Å². The van der Waals surface area contributed by atoms with Crippen LogP contribution in [0, 0.1) is 5.92 Å². The second-order valence-electron chi connectivity index (χ2n) is 8.47. The number of likely N-dealkylation sites (tertiary alicyclic amines) is 1. The topological polar surface area (TPSA) is 53.6 Å². The largest absolute Gasteiger partial charge is 0.487 e. The van der Waals surface area contributed by atoms with Gasteiger partial charge in [0.1, 0.15) is 11.4 Å². The number of benzene rings is 1. The number of halogens is 1. The maximum absolute atomic E-state index is 13.0. The zero-order valence-corrected chi connectivity index (χ0v) is 17.2. The molecule has 6 heteroatoms. The summed E-state index contributed by atoms with van der Waals surface area (Å²) < 4.78 is 6.50. The van der Waals surface area contributed by atoms with E-state index in [-0.39, 0.29) is 35.9 Å². The molecular weight excluding hydrogens is 362 g/mol. The first-order chi connectivity index (χ1) is 12.5. The molecule has 3 atom stereocenters. The van der Waals surface area contributed by atoms with Gasteiger partial charge in [0.25, 0.3) is 0 Å². The van der Waals surface area contributed by atoms with Crippen molar-refractivity contribution in [3.63, 3.8) is 0 Å². The molecule has 3 aliphatic rings. The van der Waals surface area contributed by atoms with Crippen molar-refractivity contribution in [3.05, 3.63) is 29.8 Å². The molecule has 5 nitrogen and oxygen atoms in total. The fourth-order valence-corrected chi connectivity index (χ4v) is 4.74. The molecule has 2 N–H and O–H groups in total. The smallest absolute Gasteiger partial charge is 0.223 e. The quantitative estimate of drug-likeness (QED) is 0.811.